The number of aliphatic hydroxyl groups excluding tert-OH is 1. The quantitative estimate of drug-likeness (QED) is 0.779. The van der Waals surface area contributed by atoms with Crippen LogP contribution in [0, 0.1) is 19.7 Å². The Morgan fingerprint density at radius 3 is 2.39 bits per heavy atom. The molecular weight excluding hydrogens is 383 g/mol. The van der Waals surface area contributed by atoms with Gasteiger partial charge in [-0.25, -0.2) is 9.29 Å². The minimum Gasteiger partial charge on any atom is -0.395 e. The standard InChI is InChI=1S/C21H20ClFN2O3/c1-12-4-5-14(10-13(12)2)18-19(24(3)8-9-26)21(28)25(20(18)27)15-6-7-17(23)16(22)11-15/h4-7,10-11,26H,8-9H2,1-3H3. The summed E-state index contributed by atoms with van der Waals surface area (Å²) in [5, 5.41) is 9.13. The molecule has 0 saturated heterocycles. The van der Waals surface area contributed by atoms with Crippen molar-refractivity contribution in [2.75, 3.05) is 25.1 Å². The number of likely N-dealkylation sites (N-methyl/N-ethyl adjacent to an activating group) is 1. The Labute approximate surface area is 167 Å². The zero-order valence-electron chi connectivity index (χ0n) is 15.8. The predicted molar refractivity (Wildman–Crippen MR) is 106 cm³/mol. The smallest absolute Gasteiger partial charge is 0.282 e. The molecule has 0 radical (unpaired) electrons. The van der Waals surface area contributed by atoms with Crippen LogP contribution in [0.3, 0.4) is 0 Å². The number of benzene rings is 2. The summed E-state index contributed by atoms with van der Waals surface area (Å²) in [5.74, 6) is -1.70. The van der Waals surface area contributed by atoms with Crippen LogP contribution < -0.4 is 4.90 Å². The van der Waals surface area contributed by atoms with Gasteiger partial charge in [0.15, 0.2) is 0 Å². The van der Waals surface area contributed by atoms with Gasteiger partial charge in [-0.2, -0.15) is 0 Å². The molecule has 0 atom stereocenters. The normalized spacial score (nSPS) is 14.3. The Hall–Kier alpha value is -2.70. The molecule has 0 saturated carbocycles. The van der Waals surface area contributed by atoms with Crippen LogP contribution >= 0.6 is 11.6 Å². The highest BCUT2D eigenvalue weighted by atomic mass is 35.5. The van der Waals surface area contributed by atoms with Crippen LogP contribution in [0.4, 0.5) is 10.1 Å². The molecule has 0 bridgehead atoms. The first-order valence-electron chi connectivity index (χ1n) is 8.74. The fourth-order valence-corrected chi connectivity index (χ4v) is 3.32. The van der Waals surface area contributed by atoms with Gasteiger partial charge in [0.25, 0.3) is 11.8 Å². The summed E-state index contributed by atoms with van der Waals surface area (Å²) in [6.45, 7) is 3.89. The molecule has 0 spiro atoms. The molecule has 5 nitrogen and oxygen atoms in total. The van der Waals surface area contributed by atoms with Crippen molar-refractivity contribution in [2.24, 2.45) is 0 Å². The first kappa shape index (κ1) is 20.0. The fourth-order valence-electron chi connectivity index (χ4n) is 3.15. The lowest BCUT2D eigenvalue weighted by Gasteiger charge is -2.20. The van der Waals surface area contributed by atoms with E-state index in [0.717, 1.165) is 22.1 Å². The lowest BCUT2D eigenvalue weighted by molar-refractivity contribution is -0.120. The van der Waals surface area contributed by atoms with Crippen LogP contribution in [0.2, 0.25) is 5.02 Å². The lowest BCUT2D eigenvalue weighted by Crippen LogP contribution is -2.34. The molecule has 1 heterocycles. The maximum Gasteiger partial charge on any atom is 0.282 e. The summed E-state index contributed by atoms with van der Waals surface area (Å²) in [6, 6.07) is 9.23. The van der Waals surface area contributed by atoms with Gasteiger partial charge < -0.3 is 10.0 Å². The van der Waals surface area contributed by atoms with E-state index in [1.54, 1.807) is 18.0 Å². The molecule has 1 aliphatic heterocycles. The topological polar surface area (TPSA) is 60.9 Å². The van der Waals surface area contributed by atoms with Crippen molar-refractivity contribution in [3.8, 4) is 0 Å². The largest absolute Gasteiger partial charge is 0.395 e. The monoisotopic (exact) mass is 402 g/mol. The molecule has 2 aromatic rings. The number of aryl methyl sites for hydroxylation is 2. The maximum atomic E-state index is 13.5. The second kappa shape index (κ2) is 7.73. The summed E-state index contributed by atoms with van der Waals surface area (Å²) in [7, 11) is 1.64. The van der Waals surface area contributed by atoms with Gasteiger partial charge in [-0.05, 0) is 48.7 Å². The highest BCUT2D eigenvalue weighted by Gasteiger charge is 2.41. The average Bonchev–Trinajstić information content (AvgIpc) is 2.91. The third kappa shape index (κ3) is 3.41. The van der Waals surface area contributed by atoms with E-state index in [4.69, 9.17) is 11.6 Å². The van der Waals surface area contributed by atoms with E-state index in [9.17, 15) is 19.1 Å². The van der Waals surface area contributed by atoms with Gasteiger partial charge in [0.1, 0.15) is 11.5 Å². The molecule has 0 aliphatic carbocycles. The molecule has 1 aliphatic rings. The van der Waals surface area contributed by atoms with Gasteiger partial charge in [0.05, 0.1) is 22.9 Å². The van der Waals surface area contributed by atoms with Crippen molar-refractivity contribution in [1.29, 1.82) is 0 Å². The van der Waals surface area contributed by atoms with Gasteiger partial charge in [0, 0.05) is 13.6 Å². The van der Waals surface area contributed by atoms with Crippen molar-refractivity contribution in [2.45, 2.75) is 13.8 Å². The van der Waals surface area contributed by atoms with E-state index in [1.807, 2.05) is 26.0 Å². The molecule has 3 rings (SSSR count). The number of rotatable bonds is 5. The van der Waals surface area contributed by atoms with E-state index in [0.29, 0.717) is 5.56 Å². The number of anilines is 1. The summed E-state index contributed by atoms with van der Waals surface area (Å²) < 4.78 is 13.5. The number of amides is 2. The molecule has 28 heavy (non-hydrogen) atoms. The zero-order chi connectivity index (χ0) is 20.6. The van der Waals surface area contributed by atoms with Gasteiger partial charge in [0.2, 0.25) is 0 Å². The number of carbonyl (C=O) groups excluding carboxylic acids is 2. The third-order valence-corrected chi connectivity index (χ3v) is 5.12. The molecule has 2 aromatic carbocycles. The van der Waals surface area contributed by atoms with E-state index in [1.165, 1.54) is 12.1 Å². The highest BCUT2D eigenvalue weighted by molar-refractivity contribution is 6.45. The Morgan fingerprint density at radius 2 is 1.79 bits per heavy atom. The zero-order valence-corrected chi connectivity index (χ0v) is 16.5. The van der Waals surface area contributed by atoms with Gasteiger partial charge >= 0.3 is 0 Å². The third-order valence-electron chi connectivity index (χ3n) is 4.83. The minimum atomic E-state index is -0.635. The first-order chi connectivity index (χ1) is 13.3. The van der Waals surface area contributed by atoms with Crippen LogP contribution in [0.15, 0.2) is 42.1 Å². The lowest BCUT2D eigenvalue weighted by atomic mass is 9.99. The number of imide groups is 1. The molecule has 1 N–H and O–H groups in total. The Kier molecular flexibility index (Phi) is 5.54. The van der Waals surface area contributed by atoms with E-state index in [2.05, 4.69) is 0 Å². The molecular formula is C21H20ClFN2O3. The predicted octanol–water partition coefficient (Wildman–Crippen LogP) is 3.30. The molecule has 0 aromatic heterocycles. The Balaban J connectivity index is 2.16. The van der Waals surface area contributed by atoms with Gasteiger partial charge in [-0.3, -0.25) is 9.59 Å². The van der Waals surface area contributed by atoms with E-state index in [-0.39, 0.29) is 35.1 Å². The van der Waals surface area contributed by atoms with Gasteiger partial charge in [-0.15, -0.1) is 0 Å². The van der Waals surface area contributed by atoms with E-state index >= 15 is 0 Å². The van der Waals surface area contributed by atoms with Crippen molar-refractivity contribution in [3.63, 3.8) is 0 Å². The number of hydrogen-bond donors (Lipinski definition) is 1. The summed E-state index contributed by atoms with van der Waals surface area (Å²) in [6.07, 6.45) is 0. The number of aliphatic hydroxyl groups is 1. The highest BCUT2D eigenvalue weighted by Crippen LogP contribution is 2.36. The molecule has 0 unspecified atom stereocenters. The molecule has 0 fully saturated rings. The number of nitrogens with zero attached hydrogens (tertiary/aromatic N) is 2. The average molecular weight is 403 g/mol. The van der Waals surface area contributed by atoms with Crippen molar-refractivity contribution < 1.29 is 19.1 Å². The van der Waals surface area contributed by atoms with Crippen LogP contribution in [0.25, 0.3) is 5.57 Å². The summed E-state index contributed by atoms with van der Waals surface area (Å²) in [4.78, 5) is 28.9. The van der Waals surface area contributed by atoms with Crippen LogP contribution in [0.5, 0.6) is 0 Å². The maximum absolute atomic E-state index is 13.5. The Morgan fingerprint density at radius 1 is 1.07 bits per heavy atom. The van der Waals surface area contributed by atoms with Crippen LogP contribution in [-0.4, -0.2) is 42.0 Å². The number of carbonyl (C=O) groups is 2. The Bertz CT molecular complexity index is 1000. The molecule has 2 amide bonds. The summed E-state index contributed by atoms with van der Waals surface area (Å²) in [5.41, 5.74) is 3.27. The van der Waals surface area contributed by atoms with Crippen molar-refractivity contribution in [3.05, 3.63) is 69.6 Å². The summed E-state index contributed by atoms with van der Waals surface area (Å²) >= 11 is 5.85. The first-order valence-corrected chi connectivity index (χ1v) is 9.11. The van der Waals surface area contributed by atoms with Crippen LogP contribution in [-0.2, 0) is 9.59 Å². The fraction of sp³-hybridized carbons (Fsp3) is 0.238. The second-order valence-electron chi connectivity index (χ2n) is 6.71. The number of halogens is 2. The van der Waals surface area contributed by atoms with Gasteiger partial charge in [-0.1, -0.05) is 29.8 Å². The molecule has 7 heteroatoms. The molecule has 146 valence electrons. The SMILES string of the molecule is Cc1ccc(C2=C(N(C)CCO)C(=O)N(c3ccc(F)c(Cl)c3)C2=O)cc1C. The van der Waals surface area contributed by atoms with E-state index < -0.39 is 17.6 Å². The number of hydrogen-bond acceptors (Lipinski definition) is 4. The van der Waals surface area contributed by atoms with Crippen molar-refractivity contribution in [1.82, 2.24) is 4.90 Å². The van der Waals surface area contributed by atoms with Crippen molar-refractivity contribution >= 4 is 34.7 Å². The second-order valence-corrected chi connectivity index (χ2v) is 7.12. The van der Waals surface area contributed by atoms with Crippen LogP contribution in [0.1, 0.15) is 16.7 Å². The minimum absolute atomic E-state index is 0.177.